The highest BCUT2D eigenvalue weighted by Crippen LogP contribution is 2.61. The van der Waals surface area contributed by atoms with Crippen molar-refractivity contribution in [2.24, 2.45) is 11.3 Å². The van der Waals surface area contributed by atoms with Crippen LogP contribution in [0.5, 0.6) is 0 Å². The number of rotatable bonds is 1. The van der Waals surface area contributed by atoms with Gasteiger partial charge in [0.25, 0.3) is 0 Å². The molecule has 5 rings (SSSR count). The third-order valence-corrected chi connectivity index (χ3v) is 5.73. The molecule has 2 nitrogen and oxygen atoms in total. The molecule has 3 aliphatic rings. The largest absolute Gasteiger partial charge is 0.250 e. The molecule has 18 heavy (non-hydrogen) atoms. The van der Waals surface area contributed by atoms with E-state index >= 15 is 0 Å². The van der Waals surface area contributed by atoms with E-state index in [0.29, 0.717) is 11.3 Å². The van der Waals surface area contributed by atoms with Gasteiger partial charge in [0.15, 0.2) is 0 Å². The summed E-state index contributed by atoms with van der Waals surface area (Å²) in [6.07, 6.45) is 4.39. The third kappa shape index (κ3) is 1.28. The van der Waals surface area contributed by atoms with Crippen LogP contribution in [0.1, 0.15) is 37.4 Å². The molecule has 0 unspecified atom stereocenters. The fourth-order valence-corrected chi connectivity index (χ4v) is 4.15. The van der Waals surface area contributed by atoms with Gasteiger partial charge in [-0.15, -0.1) is 11.3 Å². The number of aromatic nitrogens is 2. The molecular formula is C15H16N2S. The van der Waals surface area contributed by atoms with Gasteiger partial charge in [-0.05, 0) is 35.8 Å². The highest BCUT2D eigenvalue weighted by molar-refractivity contribution is 7.13. The number of hydrogen-bond donors (Lipinski definition) is 0. The van der Waals surface area contributed by atoms with Gasteiger partial charge < -0.3 is 0 Å². The first kappa shape index (κ1) is 10.7. The quantitative estimate of drug-likeness (QED) is 0.773. The van der Waals surface area contributed by atoms with Gasteiger partial charge >= 0.3 is 0 Å². The minimum atomic E-state index is 0.446. The van der Waals surface area contributed by atoms with Gasteiger partial charge in [-0.2, -0.15) is 0 Å². The molecule has 2 aromatic rings. The van der Waals surface area contributed by atoms with Crippen LogP contribution in [0.25, 0.3) is 10.7 Å². The molecule has 1 fully saturated rings. The molecule has 2 heterocycles. The van der Waals surface area contributed by atoms with E-state index in [1.54, 1.807) is 11.3 Å². The zero-order chi connectivity index (χ0) is 12.3. The summed E-state index contributed by atoms with van der Waals surface area (Å²) >= 11 is 1.67. The summed E-state index contributed by atoms with van der Waals surface area (Å²) in [7, 11) is 0. The maximum atomic E-state index is 4.92. The Bertz CT molecular complexity index is 601. The van der Waals surface area contributed by atoms with Gasteiger partial charge in [0.2, 0.25) is 0 Å². The monoisotopic (exact) mass is 256 g/mol. The van der Waals surface area contributed by atoms with Gasteiger partial charge in [0.1, 0.15) is 5.01 Å². The lowest BCUT2D eigenvalue weighted by Gasteiger charge is -2.56. The Labute approximate surface area is 111 Å². The van der Waals surface area contributed by atoms with E-state index < -0.39 is 0 Å². The average Bonchev–Trinajstić information content (AvgIpc) is 2.91. The fourth-order valence-electron chi connectivity index (χ4n) is 3.54. The molecule has 0 amide bonds. The predicted molar refractivity (Wildman–Crippen MR) is 73.7 cm³/mol. The van der Waals surface area contributed by atoms with Gasteiger partial charge in [-0.3, -0.25) is 0 Å². The second-order valence-corrected chi connectivity index (χ2v) is 6.98. The third-order valence-electron chi connectivity index (χ3n) is 4.93. The van der Waals surface area contributed by atoms with Crippen LogP contribution in [-0.2, 0) is 6.42 Å². The van der Waals surface area contributed by atoms with E-state index in [4.69, 9.17) is 4.98 Å². The molecule has 1 saturated carbocycles. The Balaban J connectivity index is 1.83. The predicted octanol–water partition coefficient (Wildman–Crippen LogP) is 3.89. The van der Waals surface area contributed by atoms with Crippen LogP contribution < -0.4 is 0 Å². The maximum absolute atomic E-state index is 4.92. The average molecular weight is 256 g/mol. The lowest BCUT2D eigenvalue weighted by molar-refractivity contribution is 0.0156. The molecule has 0 aliphatic heterocycles. The van der Waals surface area contributed by atoms with Crippen molar-refractivity contribution in [1.82, 2.24) is 9.97 Å². The number of pyridine rings is 1. The Morgan fingerprint density at radius 1 is 1.33 bits per heavy atom. The van der Waals surface area contributed by atoms with Crippen LogP contribution >= 0.6 is 11.3 Å². The van der Waals surface area contributed by atoms with E-state index in [1.165, 1.54) is 24.1 Å². The van der Waals surface area contributed by atoms with Crippen LogP contribution in [0, 0.1) is 11.3 Å². The van der Waals surface area contributed by atoms with Crippen molar-refractivity contribution in [3.63, 3.8) is 0 Å². The molecule has 0 radical (unpaired) electrons. The van der Waals surface area contributed by atoms with Crippen LogP contribution in [-0.4, -0.2) is 9.97 Å². The highest BCUT2D eigenvalue weighted by atomic mass is 32.1. The highest BCUT2D eigenvalue weighted by Gasteiger charge is 2.53. The zero-order valence-corrected chi connectivity index (χ0v) is 11.5. The van der Waals surface area contributed by atoms with Crippen LogP contribution in [0.2, 0.25) is 0 Å². The Morgan fingerprint density at radius 3 is 2.94 bits per heavy atom. The summed E-state index contributed by atoms with van der Waals surface area (Å²) in [6.45, 7) is 4.79. The number of nitrogens with zero attached hydrogens (tertiary/aromatic N) is 2. The minimum Gasteiger partial charge on any atom is -0.250 e. The van der Waals surface area contributed by atoms with E-state index in [-0.39, 0.29) is 0 Å². The molecule has 2 aromatic heterocycles. The van der Waals surface area contributed by atoms with Gasteiger partial charge in [0.05, 0.1) is 5.69 Å². The minimum absolute atomic E-state index is 0.446. The molecule has 3 heteroatoms. The van der Waals surface area contributed by atoms with Crippen molar-refractivity contribution in [3.05, 3.63) is 35.0 Å². The fraction of sp³-hybridized carbons (Fsp3) is 0.467. The van der Waals surface area contributed by atoms with Crippen molar-refractivity contribution in [3.8, 4) is 10.7 Å². The van der Waals surface area contributed by atoms with E-state index in [0.717, 1.165) is 16.6 Å². The topological polar surface area (TPSA) is 25.8 Å². The van der Waals surface area contributed by atoms with Crippen molar-refractivity contribution < 1.29 is 0 Å². The summed E-state index contributed by atoms with van der Waals surface area (Å²) in [5.41, 5.74) is 4.30. The van der Waals surface area contributed by atoms with Crippen molar-refractivity contribution in [1.29, 1.82) is 0 Å². The SMILES string of the molecule is CC1(C)[C@H]2Cc3ccc(-c4nccs4)nc3[C@@H]1C2. The first-order valence-electron chi connectivity index (χ1n) is 6.56. The summed E-state index contributed by atoms with van der Waals surface area (Å²) in [6, 6.07) is 4.41. The zero-order valence-electron chi connectivity index (χ0n) is 10.7. The Hall–Kier alpha value is -1.22. The van der Waals surface area contributed by atoms with Crippen molar-refractivity contribution in [2.75, 3.05) is 0 Å². The van der Waals surface area contributed by atoms with E-state index in [9.17, 15) is 0 Å². The van der Waals surface area contributed by atoms with Gasteiger partial charge in [-0.25, -0.2) is 9.97 Å². The van der Waals surface area contributed by atoms with Crippen LogP contribution in [0.4, 0.5) is 0 Å². The first-order valence-corrected chi connectivity index (χ1v) is 7.44. The molecule has 0 saturated heterocycles. The normalized spacial score (nSPS) is 27.4. The molecule has 0 aromatic carbocycles. The number of thiazole rings is 1. The smallest absolute Gasteiger partial charge is 0.141 e. The standard InChI is InChI=1S/C15H16N2S/c1-15(2)10-7-9-3-4-12(14-16-5-6-18-14)17-13(9)11(15)8-10/h3-6,10-11H,7-8H2,1-2H3/t10-,11-/m0/s1. The summed E-state index contributed by atoms with van der Waals surface area (Å²) in [5, 5.41) is 3.05. The molecule has 92 valence electrons. The van der Waals surface area contributed by atoms with Crippen molar-refractivity contribution in [2.45, 2.75) is 32.6 Å². The second kappa shape index (κ2) is 3.41. The maximum Gasteiger partial charge on any atom is 0.141 e. The van der Waals surface area contributed by atoms with Crippen LogP contribution in [0.3, 0.4) is 0 Å². The molecule has 3 aliphatic carbocycles. The van der Waals surface area contributed by atoms with E-state index in [1.807, 2.05) is 11.6 Å². The Morgan fingerprint density at radius 2 is 2.22 bits per heavy atom. The lowest BCUT2D eigenvalue weighted by atomic mass is 9.48. The van der Waals surface area contributed by atoms with Gasteiger partial charge in [0, 0.05) is 23.2 Å². The first-order chi connectivity index (χ1) is 8.66. The number of hydrogen-bond acceptors (Lipinski definition) is 3. The molecule has 2 bridgehead atoms. The van der Waals surface area contributed by atoms with E-state index in [2.05, 4.69) is 31.0 Å². The van der Waals surface area contributed by atoms with Crippen molar-refractivity contribution >= 4 is 11.3 Å². The molecule has 0 N–H and O–H groups in total. The summed E-state index contributed by atoms with van der Waals surface area (Å²) in [4.78, 5) is 9.28. The molecular weight excluding hydrogens is 240 g/mol. The summed E-state index contributed by atoms with van der Waals surface area (Å²) in [5.74, 6) is 1.52. The summed E-state index contributed by atoms with van der Waals surface area (Å²) < 4.78 is 0. The molecule has 2 atom stereocenters. The second-order valence-electron chi connectivity index (χ2n) is 6.09. The Kier molecular flexibility index (Phi) is 2.03. The lowest BCUT2D eigenvalue weighted by Crippen LogP contribution is -2.48. The van der Waals surface area contributed by atoms with Crippen LogP contribution in [0.15, 0.2) is 23.7 Å². The molecule has 0 spiro atoms. The van der Waals surface area contributed by atoms with Gasteiger partial charge in [-0.1, -0.05) is 19.9 Å².